The third-order valence-electron chi connectivity index (χ3n) is 4.98. The summed E-state index contributed by atoms with van der Waals surface area (Å²) in [7, 11) is -2.98. The molecule has 9 heteroatoms. The number of sulfone groups is 1. The van der Waals surface area contributed by atoms with Crippen molar-refractivity contribution in [3.8, 4) is 5.75 Å². The molecule has 4 rings (SSSR count). The van der Waals surface area contributed by atoms with E-state index >= 15 is 0 Å². The normalized spacial score (nSPS) is 21.6. The van der Waals surface area contributed by atoms with Gasteiger partial charge in [-0.2, -0.15) is 0 Å². The van der Waals surface area contributed by atoms with Crippen molar-refractivity contribution in [2.24, 2.45) is 4.99 Å². The Bertz CT molecular complexity index is 1100. The molecule has 2 atom stereocenters. The first-order valence-corrected chi connectivity index (χ1v) is 12.4. The molecule has 0 saturated carbocycles. The molecule has 0 aromatic heterocycles. The van der Waals surface area contributed by atoms with E-state index in [1.807, 2.05) is 32.0 Å². The Kier molecular flexibility index (Phi) is 5.75. The largest absolute Gasteiger partial charge is 0.494 e. The molecule has 158 valence electrons. The van der Waals surface area contributed by atoms with Crippen molar-refractivity contribution >= 4 is 44.0 Å². The van der Waals surface area contributed by atoms with Crippen LogP contribution < -0.4 is 15.4 Å². The van der Waals surface area contributed by atoms with Crippen molar-refractivity contribution in [1.29, 1.82) is 0 Å². The van der Waals surface area contributed by atoms with Gasteiger partial charge in [0.1, 0.15) is 5.75 Å². The first kappa shape index (κ1) is 20.7. The van der Waals surface area contributed by atoms with Crippen LogP contribution in [0, 0.1) is 6.92 Å². The maximum absolute atomic E-state index is 12.7. The predicted octanol–water partition coefficient (Wildman–Crippen LogP) is 3.33. The zero-order valence-electron chi connectivity index (χ0n) is 16.7. The van der Waals surface area contributed by atoms with Crippen LogP contribution in [0.25, 0.3) is 0 Å². The Morgan fingerprint density at radius 3 is 2.67 bits per heavy atom. The van der Waals surface area contributed by atoms with Crippen LogP contribution in [0.2, 0.25) is 0 Å². The summed E-state index contributed by atoms with van der Waals surface area (Å²) < 4.78 is 28.9. The van der Waals surface area contributed by atoms with Gasteiger partial charge >= 0.3 is 0 Å². The summed E-state index contributed by atoms with van der Waals surface area (Å²) in [6.45, 7) is 4.45. The Labute approximate surface area is 180 Å². The summed E-state index contributed by atoms with van der Waals surface area (Å²) in [4.78, 5) is 17.2. The average molecular weight is 446 g/mol. The lowest BCUT2D eigenvalue weighted by Crippen LogP contribution is -2.14. The quantitative estimate of drug-likeness (QED) is 0.733. The minimum Gasteiger partial charge on any atom is -0.494 e. The van der Waals surface area contributed by atoms with Crippen LogP contribution in [0.4, 0.5) is 11.4 Å². The van der Waals surface area contributed by atoms with Gasteiger partial charge in [-0.1, -0.05) is 17.8 Å². The Morgan fingerprint density at radius 1 is 1.20 bits per heavy atom. The molecule has 1 saturated heterocycles. The van der Waals surface area contributed by atoms with Gasteiger partial charge in [0.15, 0.2) is 15.0 Å². The number of aryl methyl sites for hydroxylation is 1. The van der Waals surface area contributed by atoms with E-state index in [2.05, 4.69) is 15.6 Å². The molecular weight excluding hydrogens is 422 g/mol. The van der Waals surface area contributed by atoms with E-state index in [1.54, 1.807) is 24.3 Å². The molecule has 0 radical (unpaired) electrons. The van der Waals surface area contributed by atoms with Crippen LogP contribution in [0.3, 0.4) is 0 Å². The van der Waals surface area contributed by atoms with Crippen LogP contribution in [0.15, 0.2) is 47.5 Å². The standard InChI is InChI=1S/C21H23N3O4S2/c1-3-28-16-8-6-15(7-9-16)22-20(25)14-5-4-13(2)17(10-14)23-21-24-18-11-30(26,27)12-19(18)29-21/h4-10,18-19H,3,11-12H2,1-2H3,(H,22,25)(H,23,24)/t18-,19+/m0/s1. The maximum atomic E-state index is 12.7. The fraction of sp³-hybridized carbons (Fsp3) is 0.333. The summed E-state index contributed by atoms with van der Waals surface area (Å²) in [6, 6.07) is 12.5. The molecule has 0 bridgehead atoms. The van der Waals surface area contributed by atoms with Crippen molar-refractivity contribution in [2.75, 3.05) is 28.7 Å². The second kappa shape index (κ2) is 8.31. The number of thioether (sulfide) groups is 1. The molecule has 2 aliphatic rings. The number of benzene rings is 2. The van der Waals surface area contributed by atoms with Crippen molar-refractivity contribution < 1.29 is 17.9 Å². The summed E-state index contributed by atoms with van der Waals surface area (Å²) in [5.74, 6) is 0.816. The number of nitrogens with one attached hydrogen (secondary N) is 2. The summed E-state index contributed by atoms with van der Waals surface area (Å²) >= 11 is 1.46. The van der Waals surface area contributed by atoms with Crippen molar-refractivity contribution in [2.45, 2.75) is 25.1 Å². The van der Waals surface area contributed by atoms with Crippen molar-refractivity contribution in [3.63, 3.8) is 0 Å². The van der Waals surface area contributed by atoms with Crippen molar-refractivity contribution in [3.05, 3.63) is 53.6 Å². The third kappa shape index (κ3) is 4.62. The first-order chi connectivity index (χ1) is 14.3. The predicted molar refractivity (Wildman–Crippen MR) is 122 cm³/mol. The first-order valence-electron chi connectivity index (χ1n) is 9.70. The van der Waals surface area contributed by atoms with E-state index in [0.717, 1.165) is 17.0 Å². The topological polar surface area (TPSA) is 96.9 Å². The number of hydrogen-bond donors (Lipinski definition) is 2. The average Bonchev–Trinajstić information content (AvgIpc) is 3.17. The molecule has 7 nitrogen and oxygen atoms in total. The number of aliphatic imine (C=N–C) groups is 1. The van der Waals surface area contributed by atoms with Gasteiger partial charge in [-0.15, -0.1) is 0 Å². The molecule has 2 aliphatic heterocycles. The minimum absolute atomic E-state index is 0.0241. The lowest BCUT2D eigenvalue weighted by molar-refractivity contribution is 0.102. The molecule has 0 spiro atoms. The number of nitrogens with zero attached hydrogens (tertiary/aromatic N) is 1. The molecule has 1 amide bonds. The number of fused-ring (bicyclic) bond motifs is 1. The Balaban J connectivity index is 1.45. The van der Waals surface area contributed by atoms with E-state index in [9.17, 15) is 13.2 Å². The number of carbonyl (C=O) groups is 1. The fourth-order valence-corrected chi connectivity index (χ4v) is 7.10. The fourth-order valence-electron chi connectivity index (χ4n) is 3.43. The third-order valence-corrected chi connectivity index (χ3v) is 8.12. The van der Waals surface area contributed by atoms with Gasteiger partial charge < -0.3 is 15.4 Å². The smallest absolute Gasteiger partial charge is 0.255 e. The molecule has 2 aromatic carbocycles. The van der Waals surface area contributed by atoms with Crippen LogP contribution >= 0.6 is 11.8 Å². The highest BCUT2D eigenvalue weighted by atomic mass is 32.2. The zero-order valence-corrected chi connectivity index (χ0v) is 18.3. The number of amidine groups is 1. The number of ether oxygens (including phenoxy) is 1. The minimum atomic E-state index is -2.98. The molecule has 0 aliphatic carbocycles. The number of amides is 1. The molecule has 2 aromatic rings. The number of hydrogen-bond acceptors (Lipinski definition) is 7. The monoisotopic (exact) mass is 445 g/mol. The van der Waals surface area contributed by atoms with Gasteiger partial charge in [0.2, 0.25) is 0 Å². The molecule has 2 N–H and O–H groups in total. The highest BCUT2D eigenvalue weighted by Crippen LogP contribution is 2.35. The van der Waals surface area contributed by atoms with Gasteiger partial charge in [0, 0.05) is 22.2 Å². The molecule has 0 unspecified atom stereocenters. The lowest BCUT2D eigenvalue weighted by Gasteiger charge is -2.12. The van der Waals surface area contributed by atoms with Crippen LogP contribution in [0.5, 0.6) is 5.75 Å². The number of carbonyl (C=O) groups excluding carboxylic acids is 1. The molecular formula is C21H23N3O4S2. The Hall–Kier alpha value is -2.52. The summed E-state index contributed by atoms with van der Waals surface area (Å²) in [5.41, 5.74) is 2.95. The Morgan fingerprint density at radius 2 is 1.97 bits per heavy atom. The highest BCUT2D eigenvalue weighted by Gasteiger charge is 2.42. The second-order valence-corrected chi connectivity index (χ2v) is 10.7. The molecule has 1 fully saturated rings. The molecule has 30 heavy (non-hydrogen) atoms. The van der Waals surface area contributed by atoms with Crippen molar-refractivity contribution in [1.82, 2.24) is 0 Å². The van der Waals surface area contributed by atoms with Crippen LogP contribution in [-0.4, -0.2) is 48.9 Å². The van der Waals surface area contributed by atoms with E-state index in [1.165, 1.54) is 11.8 Å². The second-order valence-electron chi connectivity index (χ2n) is 7.30. The van der Waals surface area contributed by atoms with Gasteiger partial charge in [-0.25, -0.2) is 8.42 Å². The van der Waals surface area contributed by atoms with Crippen LogP contribution in [-0.2, 0) is 9.84 Å². The highest BCUT2D eigenvalue weighted by molar-refractivity contribution is 8.15. The van der Waals surface area contributed by atoms with E-state index in [4.69, 9.17) is 4.74 Å². The van der Waals surface area contributed by atoms with Gasteiger partial charge in [0.05, 0.1) is 24.2 Å². The number of rotatable bonds is 5. The van der Waals surface area contributed by atoms with E-state index < -0.39 is 9.84 Å². The zero-order chi connectivity index (χ0) is 21.3. The van der Waals surface area contributed by atoms with Gasteiger partial charge in [-0.05, 0) is 55.8 Å². The SMILES string of the molecule is CCOc1ccc(NC(=O)c2ccc(C)c(NC3=N[C@H]4CS(=O)(=O)C[C@H]4S3)c2)cc1. The molecule has 2 heterocycles. The van der Waals surface area contributed by atoms with E-state index in [-0.39, 0.29) is 28.7 Å². The van der Waals surface area contributed by atoms with Gasteiger partial charge in [0.25, 0.3) is 5.91 Å². The van der Waals surface area contributed by atoms with Gasteiger partial charge in [-0.3, -0.25) is 9.79 Å². The maximum Gasteiger partial charge on any atom is 0.255 e. The lowest BCUT2D eigenvalue weighted by atomic mass is 10.1. The summed E-state index contributed by atoms with van der Waals surface area (Å²) in [5, 5.41) is 6.83. The number of anilines is 2. The van der Waals surface area contributed by atoms with E-state index in [0.29, 0.717) is 23.0 Å². The summed E-state index contributed by atoms with van der Waals surface area (Å²) in [6.07, 6.45) is 0. The van der Waals surface area contributed by atoms with Crippen LogP contribution in [0.1, 0.15) is 22.8 Å².